The van der Waals surface area contributed by atoms with Crippen molar-refractivity contribution in [2.45, 2.75) is 19.4 Å². The van der Waals surface area contributed by atoms with Crippen molar-refractivity contribution in [1.82, 2.24) is 5.32 Å². The largest absolute Gasteiger partial charge is 0.476 e. The minimum atomic E-state index is -0.802. The Labute approximate surface area is 119 Å². The predicted molar refractivity (Wildman–Crippen MR) is 79.6 cm³/mol. The molecule has 0 bridgehead atoms. The molecule has 108 valence electrons. The van der Waals surface area contributed by atoms with Crippen molar-refractivity contribution in [3.05, 3.63) is 18.2 Å². The van der Waals surface area contributed by atoms with Gasteiger partial charge >= 0.3 is 0 Å². The summed E-state index contributed by atoms with van der Waals surface area (Å²) in [5.74, 6) is 0.778. The first-order valence-corrected chi connectivity index (χ1v) is 7.06. The first-order chi connectivity index (χ1) is 9.50. The summed E-state index contributed by atoms with van der Waals surface area (Å²) in [6.45, 7) is 7.45. The van der Waals surface area contributed by atoms with E-state index < -0.39 is 5.60 Å². The minimum absolute atomic E-state index is 0.00687. The van der Waals surface area contributed by atoms with Crippen molar-refractivity contribution in [3.8, 4) is 5.75 Å². The molecule has 5 nitrogen and oxygen atoms in total. The highest BCUT2D eigenvalue weighted by Gasteiger charge is 2.40. The molecule has 0 spiro atoms. The van der Waals surface area contributed by atoms with Gasteiger partial charge in [-0.3, -0.25) is 4.79 Å². The van der Waals surface area contributed by atoms with E-state index in [2.05, 4.69) is 16.3 Å². The van der Waals surface area contributed by atoms with Gasteiger partial charge in [0.2, 0.25) is 0 Å². The van der Waals surface area contributed by atoms with Gasteiger partial charge in [0.15, 0.2) is 5.60 Å². The number of carbonyl (C=O) groups excluding carboxylic acids is 1. The maximum absolute atomic E-state index is 12.4. The summed E-state index contributed by atoms with van der Waals surface area (Å²) in [6.07, 6.45) is 0. The van der Waals surface area contributed by atoms with E-state index in [1.165, 1.54) is 0 Å². The SMILES string of the molecule is CN1C(=O)C(C)(C)Oc2cccc(N3CCNCC3)c21. The molecule has 1 saturated heterocycles. The van der Waals surface area contributed by atoms with Gasteiger partial charge in [-0.15, -0.1) is 0 Å². The van der Waals surface area contributed by atoms with Crippen molar-refractivity contribution in [1.29, 1.82) is 0 Å². The van der Waals surface area contributed by atoms with Crippen molar-refractivity contribution in [2.24, 2.45) is 0 Å². The molecule has 1 fully saturated rings. The molecular weight excluding hydrogens is 254 g/mol. The summed E-state index contributed by atoms with van der Waals surface area (Å²) in [4.78, 5) is 16.5. The number of piperazine rings is 1. The topological polar surface area (TPSA) is 44.8 Å². The molecule has 1 aromatic carbocycles. The Kier molecular flexibility index (Phi) is 3.09. The molecule has 1 N–H and O–H groups in total. The highest BCUT2D eigenvalue weighted by Crippen LogP contribution is 2.43. The highest BCUT2D eigenvalue weighted by atomic mass is 16.5. The Morgan fingerprint density at radius 3 is 2.65 bits per heavy atom. The maximum Gasteiger partial charge on any atom is 0.270 e. The fourth-order valence-corrected chi connectivity index (χ4v) is 2.92. The lowest BCUT2D eigenvalue weighted by atomic mass is 10.0. The van der Waals surface area contributed by atoms with E-state index in [0.29, 0.717) is 0 Å². The minimum Gasteiger partial charge on any atom is -0.476 e. The second-order valence-corrected chi connectivity index (χ2v) is 5.84. The standard InChI is InChI=1S/C15H21N3O2/c1-15(2)14(19)17(3)13-11(5-4-6-12(13)20-15)18-9-7-16-8-10-18/h4-6,16H,7-10H2,1-3H3. The van der Waals surface area contributed by atoms with Gasteiger partial charge in [0.1, 0.15) is 11.4 Å². The van der Waals surface area contributed by atoms with Crippen LogP contribution in [0.15, 0.2) is 18.2 Å². The lowest BCUT2D eigenvalue weighted by Gasteiger charge is -2.40. The fourth-order valence-electron chi connectivity index (χ4n) is 2.92. The molecule has 2 aliphatic rings. The van der Waals surface area contributed by atoms with Crippen LogP contribution in [-0.2, 0) is 4.79 Å². The van der Waals surface area contributed by atoms with Crippen molar-refractivity contribution in [3.63, 3.8) is 0 Å². The Hall–Kier alpha value is -1.75. The van der Waals surface area contributed by atoms with E-state index in [0.717, 1.165) is 43.3 Å². The van der Waals surface area contributed by atoms with Crippen LogP contribution in [0.2, 0.25) is 0 Å². The number of hydrogen-bond acceptors (Lipinski definition) is 4. The molecule has 2 aliphatic heterocycles. The molecule has 0 aliphatic carbocycles. The molecule has 0 atom stereocenters. The number of hydrogen-bond donors (Lipinski definition) is 1. The van der Waals surface area contributed by atoms with Gasteiger partial charge < -0.3 is 19.9 Å². The molecule has 0 aromatic heterocycles. The maximum atomic E-state index is 12.4. The molecule has 0 saturated carbocycles. The second kappa shape index (κ2) is 4.66. The normalized spacial score (nSPS) is 21.4. The summed E-state index contributed by atoms with van der Waals surface area (Å²) >= 11 is 0. The predicted octanol–water partition coefficient (Wildman–Crippen LogP) is 1.23. The Morgan fingerprint density at radius 2 is 1.95 bits per heavy atom. The van der Waals surface area contributed by atoms with Gasteiger partial charge in [0.05, 0.1) is 5.69 Å². The van der Waals surface area contributed by atoms with Crippen LogP contribution < -0.4 is 19.9 Å². The molecule has 1 aromatic rings. The zero-order valence-corrected chi connectivity index (χ0v) is 12.3. The Balaban J connectivity index is 2.05. The number of fused-ring (bicyclic) bond motifs is 1. The number of benzene rings is 1. The van der Waals surface area contributed by atoms with E-state index in [-0.39, 0.29) is 5.91 Å². The molecule has 5 heteroatoms. The monoisotopic (exact) mass is 275 g/mol. The quantitative estimate of drug-likeness (QED) is 0.837. The number of nitrogens with zero attached hydrogens (tertiary/aromatic N) is 2. The van der Waals surface area contributed by atoms with Gasteiger partial charge in [-0.1, -0.05) is 6.07 Å². The highest BCUT2D eigenvalue weighted by molar-refractivity contribution is 6.05. The van der Waals surface area contributed by atoms with Gasteiger partial charge in [-0.25, -0.2) is 0 Å². The summed E-state index contributed by atoms with van der Waals surface area (Å²) in [5, 5.41) is 3.34. The molecule has 20 heavy (non-hydrogen) atoms. The van der Waals surface area contributed by atoms with Crippen LogP contribution in [0.1, 0.15) is 13.8 Å². The number of amides is 1. The number of carbonyl (C=O) groups is 1. The van der Waals surface area contributed by atoms with Crippen molar-refractivity contribution >= 4 is 17.3 Å². The number of anilines is 2. The van der Waals surface area contributed by atoms with Crippen LogP contribution in [0.3, 0.4) is 0 Å². The molecule has 3 rings (SSSR count). The van der Waals surface area contributed by atoms with Crippen LogP contribution in [0.4, 0.5) is 11.4 Å². The number of rotatable bonds is 1. The lowest BCUT2D eigenvalue weighted by Crippen LogP contribution is -2.52. The first kappa shape index (κ1) is 13.2. The molecular formula is C15H21N3O2. The molecule has 1 amide bonds. The lowest BCUT2D eigenvalue weighted by molar-refractivity contribution is -0.132. The van der Waals surface area contributed by atoms with Crippen molar-refractivity contribution in [2.75, 3.05) is 43.0 Å². The summed E-state index contributed by atoms with van der Waals surface area (Å²) in [6, 6.07) is 6.00. The van der Waals surface area contributed by atoms with Gasteiger partial charge in [0, 0.05) is 33.2 Å². The van der Waals surface area contributed by atoms with Crippen LogP contribution in [0.25, 0.3) is 0 Å². The third kappa shape index (κ3) is 2.02. The summed E-state index contributed by atoms with van der Waals surface area (Å²) < 4.78 is 5.90. The van der Waals surface area contributed by atoms with E-state index >= 15 is 0 Å². The smallest absolute Gasteiger partial charge is 0.270 e. The Morgan fingerprint density at radius 1 is 1.25 bits per heavy atom. The average molecular weight is 275 g/mol. The molecule has 0 unspecified atom stereocenters. The Bertz CT molecular complexity index is 536. The zero-order chi connectivity index (χ0) is 14.3. The summed E-state index contributed by atoms with van der Waals surface area (Å²) in [7, 11) is 1.83. The number of nitrogens with one attached hydrogen (secondary N) is 1. The van der Waals surface area contributed by atoms with E-state index in [9.17, 15) is 4.79 Å². The third-order valence-corrected chi connectivity index (χ3v) is 3.96. The van der Waals surface area contributed by atoms with E-state index in [1.807, 2.05) is 33.0 Å². The average Bonchev–Trinajstić information content (AvgIpc) is 2.45. The van der Waals surface area contributed by atoms with Gasteiger partial charge in [-0.2, -0.15) is 0 Å². The van der Waals surface area contributed by atoms with Gasteiger partial charge in [0.25, 0.3) is 5.91 Å². The van der Waals surface area contributed by atoms with Crippen LogP contribution in [-0.4, -0.2) is 44.7 Å². The number of likely N-dealkylation sites (N-methyl/N-ethyl adjacent to an activating group) is 1. The first-order valence-electron chi connectivity index (χ1n) is 7.06. The van der Waals surface area contributed by atoms with Crippen LogP contribution >= 0.6 is 0 Å². The fraction of sp³-hybridized carbons (Fsp3) is 0.533. The second-order valence-electron chi connectivity index (χ2n) is 5.84. The third-order valence-electron chi connectivity index (χ3n) is 3.96. The zero-order valence-electron chi connectivity index (χ0n) is 12.3. The number of para-hydroxylation sites is 1. The molecule has 0 radical (unpaired) electrons. The van der Waals surface area contributed by atoms with E-state index in [1.54, 1.807) is 4.90 Å². The summed E-state index contributed by atoms with van der Waals surface area (Å²) in [5.41, 5.74) is 1.16. The van der Waals surface area contributed by atoms with Crippen LogP contribution in [0.5, 0.6) is 5.75 Å². The van der Waals surface area contributed by atoms with Crippen LogP contribution in [0, 0.1) is 0 Å². The molecule has 2 heterocycles. The van der Waals surface area contributed by atoms with Gasteiger partial charge in [-0.05, 0) is 26.0 Å². The number of ether oxygens (including phenoxy) is 1. The van der Waals surface area contributed by atoms with E-state index in [4.69, 9.17) is 4.74 Å². The van der Waals surface area contributed by atoms with Crippen molar-refractivity contribution < 1.29 is 9.53 Å².